The molecule has 0 amide bonds. The van der Waals surface area contributed by atoms with Gasteiger partial charge in [0.2, 0.25) is 0 Å². The van der Waals surface area contributed by atoms with Crippen molar-refractivity contribution in [1.82, 2.24) is 4.98 Å². The number of phenolic OH excluding ortho intramolecular Hbond substituents is 1. The van der Waals surface area contributed by atoms with Gasteiger partial charge in [-0.05, 0) is 23.4 Å². The lowest BCUT2D eigenvalue weighted by atomic mass is 10.0. The summed E-state index contributed by atoms with van der Waals surface area (Å²) in [5, 5.41) is 27.8. The molecule has 9 nitrogen and oxygen atoms in total. The Morgan fingerprint density at radius 1 is 1.21 bits per heavy atom. The predicted molar refractivity (Wildman–Crippen MR) is 109 cm³/mol. The highest BCUT2D eigenvalue weighted by Gasteiger charge is 2.21. The topological polar surface area (TPSA) is 142 Å². The number of methoxy groups -OCH3 is 1. The summed E-state index contributed by atoms with van der Waals surface area (Å²) in [5.41, 5.74) is 2.01. The Labute approximate surface area is 167 Å². The standard InChI is InChI=1S/C16H17N3O2.C4H6O4/c1-9(2)7-18-11-8-19-15-13-10(4-5-17-14(11)13)6-12(21-3)16(15)20;5-3(6)1-2-4(7)8/h4-6,8-9,20H,7H2,1-3H3;1-2H2,(H,5,6)(H,7,8). The van der Waals surface area contributed by atoms with E-state index in [2.05, 4.69) is 28.8 Å². The van der Waals surface area contributed by atoms with Crippen LogP contribution in [0.4, 0.5) is 5.69 Å². The van der Waals surface area contributed by atoms with Crippen LogP contribution in [0.3, 0.4) is 0 Å². The lowest BCUT2D eigenvalue weighted by Crippen LogP contribution is -2.11. The van der Waals surface area contributed by atoms with Crippen molar-refractivity contribution in [2.75, 3.05) is 13.7 Å². The molecule has 1 aliphatic rings. The molecule has 0 spiro atoms. The number of aliphatic imine (C=N–C) groups is 2. The fraction of sp³-hybridized carbons (Fsp3) is 0.350. The van der Waals surface area contributed by atoms with Crippen LogP contribution in [-0.4, -0.2) is 57.8 Å². The van der Waals surface area contributed by atoms with Crippen molar-refractivity contribution in [3.05, 3.63) is 24.0 Å². The van der Waals surface area contributed by atoms with E-state index in [1.54, 1.807) is 18.5 Å². The van der Waals surface area contributed by atoms with E-state index in [9.17, 15) is 14.7 Å². The highest BCUT2D eigenvalue weighted by Crippen LogP contribution is 2.44. The highest BCUT2D eigenvalue weighted by molar-refractivity contribution is 6.43. The minimum Gasteiger partial charge on any atom is -0.503 e. The van der Waals surface area contributed by atoms with Gasteiger partial charge in [-0.15, -0.1) is 0 Å². The lowest BCUT2D eigenvalue weighted by Gasteiger charge is -2.16. The molecule has 2 heterocycles. The average Bonchev–Trinajstić information content (AvgIpc) is 2.68. The maximum Gasteiger partial charge on any atom is 0.303 e. The molecular formula is C20H23N3O6. The van der Waals surface area contributed by atoms with Gasteiger partial charge >= 0.3 is 11.9 Å². The second kappa shape index (κ2) is 9.63. The van der Waals surface area contributed by atoms with Crippen LogP contribution in [0.25, 0.3) is 10.8 Å². The molecule has 0 unspecified atom stereocenters. The van der Waals surface area contributed by atoms with Crippen LogP contribution in [0.1, 0.15) is 32.4 Å². The Balaban J connectivity index is 0.000000321. The molecule has 0 bridgehead atoms. The maximum atomic E-state index is 10.2. The van der Waals surface area contributed by atoms with Crippen molar-refractivity contribution in [1.29, 1.82) is 0 Å². The predicted octanol–water partition coefficient (Wildman–Crippen LogP) is 3.05. The highest BCUT2D eigenvalue weighted by atomic mass is 16.5. The zero-order valence-electron chi connectivity index (χ0n) is 16.4. The van der Waals surface area contributed by atoms with E-state index in [1.807, 2.05) is 6.07 Å². The van der Waals surface area contributed by atoms with Gasteiger partial charge in [0.15, 0.2) is 11.5 Å². The number of phenols is 1. The van der Waals surface area contributed by atoms with Gasteiger partial charge in [0.25, 0.3) is 0 Å². The largest absolute Gasteiger partial charge is 0.503 e. The smallest absolute Gasteiger partial charge is 0.303 e. The van der Waals surface area contributed by atoms with E-state index in [0.717, 1.165) is 28.7 Å². The van der Waals surface area contributed by atoms with Gasteiger partial charge in [0, 0.05) is 18.1 Å². The third-order valence-electron chi connectivity index (χ3n) is 3.92. The van der Waals surface area contributed by atoms with Gasteiger partial charge in [-0.1, -0.05) is 13.8 Å². The zero-order chi connectivity index (χ0) is 21.6. The molecule has 9 heteroatoms. The third kappa shape index (κ3) is 5.50. The summed E-state index contributed by atoms with van der Waals surface area (Å²) in [7, 11) is 1.53. The van der Waals surface area contributed by atoms with Crippen LogP contribution in [0.15, 0.2) is 28.3 Å². The molecule has 29 heavy (non-hydrogen) atoms. The van der Waals surface area contributed by atoms with Crippen LogP contribution in [0.2, 0.25) is 0 Å². The van der Waals surface area contributed by atoms with Gasteiger partial charge in [0.05, 0.1) is 31.9 Å². The summed E-state index contributed by atoms with van der Waals surface area (Å²) in [5.74, 6) is -1.23. The van der Waals surface area contributed by atoms with Gasteiger partial charge in [-0.3, -0.25) is 19.6 Å². The number of aliphatic carboxylic acids is 2. The summed E-state index contributed by atoms with van der Waals surface area (Å²) in [4.78, 5) is 32.6. The number of hydrogen-bond donors (Lipinski definition) is 3. The molecule has 0 radical (unpaired) electrons. The summed E-state index contributed by atoms with van der Waals surface area (Å²) in [6.07, 6.45) is 2.80. The Morgan fingerprint density at radius 2 is 1.86 bits per heavy atom. The number of hydrogen-bond acceptors (Lipinski definition) is 7. The number of aromatic hydroxyl groups is 1. The summed E-state index contributed by atoms with van der Waals surface area (Å²) >= 11 is 0. The number of rotatable bonds is 6. The normalized spacial score (nSPS) is 13.3. The zero-order valence-corrected chi connectivity index (χ0v) is 16.4. The Kier molecular flexibility index (Phi) is 7.24. The number of carbonyl (C=O) groups is 2. The molecule has 3 N–H and O–H groups in total. The summed E-state index contributed by atoms with van der Waals surface area (Å²) in [6.45, 7) is 4.95. The van der Waals surface area contributed by atoms with Crippen LogP contribution in [0, 0.1) is 5.92 Å². The van der Waals surface area contributed by atoms with Crippen molar-refractivity contribution in [3.63, 3.8) is 0 Å². The molecule has 1 aliphatic heterocycles. The fourth-order valence-corrected chi connectivity index (χ4v) is 2.56. The van der Waals surface area contributed by atoms with E-state index < -0.39 is 11.9 Å². The molecule has 2 aromatic rings. The first-order valence-corrected chi connectivity index (χ1v) is 8.95. The Morgan fingerprint density at radius 3 is 2.41 bits per heavy atom. The number of benzene rings is 1. The van der Waals surface area contributed by atoms with Crippen LogP contribution in [0.5, 0.6) is 11.5 Å². The number of ether oxygens (including phenoxy) is 1. The first-order valence-electron chi connectivity index (χ1n) is 8.95. The molecule has 0 saturated carbocycles. The van der Waals surface area contributed by atoms with Crippen LogP contribution < -0.4 is 4.74 Å². The number of carboxylic acids is 2. The number of carboxylic acid groups (broad SMARTS) is 2. The second-order valence-corrected chi connectivity index (χ2v) is 6.70. The third-order valence-corrected chi connectivity index (χ3v) is 3.92. The second-order valence-electron chi connectivity index (χ2n) is 6.70. The molecule has 1 aromatic carbocycles. The number of pyridine rings is 1. The lowest BCUT2D eigenvalue weighted by molar-refractivity contribution is -0.143. The Bertz CT molecular complexity index is 968. The monoisotopic (exact) mass is 401 g/mol. The van der Waals surface area contributed by atoms with Gasteiger partial charge in [0.1, 0.15) is 11.4 Å². The molecule has 0 fully saturated rings. The van der Waals surface area contributed by atoms with E-state index in [4.69, 9.17) is 14.9 Å². The summed E-state index contributed by atoms with van der Waals surface area (Å²) < 4.78 is 5.19. The van der Waals surface area contributed by atoms with Crippen molar-refractivity contribution in [2.24, 2.45) is 15.9 Å². The quantitative estimate of drug-likeness (QED) is 0.675. The van der Waals surface area contributed by atoms with E-state index in [1.165, 1.54) is 7.11 Å². The average molecular weight is 401 g/mol. The van der Waals surface area contributed by atoms with Crippen LogP contribution in [-0.2, 0) is 9.59 Å². The number of nitrogens with zero attached hydrogens (tertiary/aromatic N) is 3. The molecular weight excluding hydrogens is 378 g/mol. The van der Waals surface area contributed by atoms with E-state index in [0.29, 0.717) is 17.4 Å². The molecule has 3 rings (SSSR count). The number of aromatic nitrogens is 1. The van der Waals surface area contributed by atoms with Crippen LogP contribution >= 0.6 is 0 Å². The SMILES string of the molecule is COc1cc2ccnc3c2c(c1O)N=CC3=NCC(C)C.O=C(O)CCC(=O)O. The minimum absolute atomic E-state index is 0.0402. The van der Waals surface area contributed by atoms with Gasteiger partial charge in [-0.25, -0.2) is 4.99 Å². The van der Waals surface area contributed by atoms with Crippen molar-refractivity contribution < 1.29 is 29.6 Å². The molecule has 0 atom stereocenters. The minimum atomic E-state index is -1.08. The summed E-state index contributed by atoms with van der Waals surface area (Å²) in [6, 6.07) is 3.67. The molecule has 1 aromatic heterocycles. The first kappa shape index (κ1) is 21.8. The maximum absolute atomic E-state index is 10.2. The van der Waals surface area contributed by atoms with Gasteiger partial charge in [-0.2, -0.15) is 0 Å². The fourth-order valence-electron chi connectivity index (χ4n) is 2.56. The molecule has 154 valence electrons. The van der Waals surface area contributed by atoms with Crippen molar-refractivity contribution in [3.8, 4) is 11.5 Å². The Hall–Kier alpha value is -3.49. The molecule has 0 saturated heterocycles. The van der Waals surface area contributed by atoms with Crippen molar-refractivity contribution in [2.45, 2.75) is 26.7 Å². The molecule has 0 aliphatic carbocycles. The van der Waals surface area contributed by atoms with Crippen molar-refractivity contribution >= 4 is 40.3 Å². The van der Waals surface area contributed by atoms with E-state index >= 15 is 0 Å². The first-order chi connectivity index (χ1) is 13.7. The van der Waals surface area contributed by atoms with Gasteiger partial charge < -0.3 is 20.1 Å². The van der Waals surface area contributed by atoms with E-state index in [-0.39, 0.29) is 18.6 Å².